The lowest BCUT2D eigenvalue weighted by Gasteiger charge is -2.34. The molecule has 0 spiro atoms. The van der Waals surface area contributed by atoms with E-state index in [9.17, 15) is 0 Å². The molecule has 82 valence electrons. The smallest absolute Gasteiger partial charge is 0.0601 e. The molecule has 15 heavy (non-hydrogen) atoms. The summed E-state index contributed by atoms with van der Waals surface area (Å²) in [5.74, 6) is 0. The summed E-state index contributed by atoms with van der Waals surface area (Å²) in [6.45, 7) is 2.98. The Balaban J connectivity index is 1.75. The van der Waals surface area contributed by atoms with Crippen LogP contribution >= 0.6 is 0 Å². The van der Waals surface area contributed by atoms with Crippen LogP contribution in [0, 0.1) is 6.92 Å². The van der Waals surface area contributed by atoms with Gasteiger partial charge in [0.2, 0.25) is 0 Å². The predicted octanol–water partition coefficient (Wildman–Crippen LogP) is 1.66. The number of nitrogens with zero attached hydrogens (tertiary/aromatic N) is 1. The lowest BCUT2D eigenvalue weighted by molar-refractivity contribution is 0.0170. The normalized spacial score (nSPS) is 24.9. The van der Waals surface area contributed by atoms with Crippen LogP contribution < -0.4 is 5.32 Å². The van der Waals surface area contributed by atoms with Gasteiger partial charge in [-0.2, -0.15) is 0 Å². The highest BCUT2D eigenvalue weighted by Crippen LogP contribution is 2.22. The molecule has 0 bridgehead atoms. The van der Waals surface area contributed by atoms with Crippen molar-refractivity contribution in [3.63, 3.8) is 0 Å². The Hall–Kier alpha value is -0.930. The standard InChI is InChI=1S/C12H18N2O/c1-9-3-10(7-13-6-9)8-14-11-4-12(5-11)15-2/h3,6-7,11-12,14H,4-5,8H2,1-2H3. The van der Waals surface area contributed by atoms with E-state index in [0.717, 1.165) is 19.4 Å². The van der Waals surface area contributed by atoms with Gasteiger partial charge in [0, 0.05) is 32.1 Å². The van der Waals surface area contributed by atoms with E-state index in [4.69, 9.17) is 4.74 Å². The van der Waals surface area contributed by atoms with Crippen LogP contribution in [0.25, 0.3) is 0 Å². The van der Waals surface area contributed by atoms with Gasteiger partial charge in [0.05, 0.1) is 6.10 Å². The second kappa shape index (κ2) is 4.73. The van der Waals surface area contributed by atoms with Gasteiger partial charge in [-0.3, -0.25) is 4.98 Å². The maximum atomic E-state index is 5.24. The zero-order valence-electron chi connectivity index (χ0n) is 9.36. The molecule has 0 saturated heterocycles. The highest BCUT2D eigenvalue weighted by molar-refractivity contribution is 5.16. The first-order valence-electron chi connectivity index (χ1n) is 5.44. The van der Waals surface area contributed by atoms with Crippen molar-refractivity contribution in [3.8, 4) is 0 Å². The van der Waals surface area contributed by atoms with Gasteiger partial charge in [0.25, 0.3) is 0 Å². The van der Waals surface area contributed by atoms with Crippen LogP contribution in [0.2, 0.25) is 0 Å². The van der Waals surface area contributed by atoms with Crippen LogP contribution in [0.4, 0.5) is 0 Å². The first kappa shape index (κ1) is 10.6. The third-order valence-electron chi connectivity index (χ3n) is 2.95. The van der Waals surface area contributed by atoms with E-state index in [1.807, 2.05) is 12.4 Å². The molecule has 1 N–H and O–H groups in total. The fourth-order valence-corrected chi connectivity index (χ4v) is 1.90. The molecule has 0 amide bonds. The molecule has 1 aromatic rings. The average molecular weight is 206 g/mol. The maximum absolute atomic E-state index is 5.24. The SMILES string of the molecule is COC1CC(NCc2cncc(C)c2)C1. The van der Waals surface area contributed by atoms with Gasteiger partial charge in [-0.15, -0.1) is 0 Å². The third-order valence-corrected chi connectivity index (χ3v) is 2.95. The number of aryl methyl sites for hydroxylation is 1. The summed E-state index contributed by atoms with van der Waals surface area (Å²) in [6.07, 6.45) is 6.55. The average Bonchev–Trinajstić information content (AvgIpc) is 2.16. The zero-order chi connectivity index (χ0) is 10.7. The van der Waals surface area contributed by atoms with Crippen molar-refractivity contribution in [2.75, 3.05) is 7.11 Å². The number of rotatable bonds is 4. The van der Waals surface area contributed by atoms with Gasteiger partial charge in [0.1, 0.15) is 0 Å². The van der Waals surface area contributed by atoms with E-state index in [-0.39, 0.29) is 0 Å². The van der Waals surface area contributed by atoms with E-state index in [1.165, 1.54) is 11.1 Å². The molecule has 0 aromatic carbocycles. The first-order valence-corrected chi connectivity index (χ1v) is 5.44. The lowest BCUT2D eigenvalue weighted by Crippen LogP contribution is -2.44. The molecule has 0 atom stereocenters. The van der Waals surface area contributed by atoms with E-state index < -0.39 is 0 Å². The summed E-state index contributed by atoms with van der Waals surface area (Å²) in [5.41, 5.74) is 2.48. The lowest BCUT2D eigenvalue weighted by atomic mass is 9.89. The minimum absolute atomic E-state index is 0.470. The summed E-state index contributed by atoms with van der Waals surface area (Å²) in [5, 5.41) is 3.51. The van der Waals surface area contributed by atoms with Crippen LogP contribution in [0.3, 0.4) is 0 Å². The molecule has 3 nitrogen and oxygen atoms in total. The van der Waals surface area contributed by atoms with Crippen molar-refractivity contribution in [2.45, 2.75) is 38.5 Å². The fourth-order valence-electron chi connectivity index (χ4n) is 1.90. The van der Waals surface area contributed by atoms with Gasteiger partial charge >= 0.3 is 0 Å². The van der Waals surface area contributed by atoms with Crippen LogP contribution in [-0.4, -0.2) is 24.2 Å². The second-order valence-corrected chi connectivity index (χ2v) is 4.28. The molecule has 3 heteroatoms. The van der Waals surface area contributed by atoms with Crippen LogP contribution in [-0.2, 0) is 11.3 Å². The van der Waals surface area contributed by atoms with E-state index in [2.05, 4.69) is 23.3 Å². The van der Waals surface area contributed by atoms with E-state index >= 15 is 0 Å². The Labute approximate surface area is 90.9 Å². The van der Waals surface area contributed by atoms with E-state index in [1.54, 1.807) is 7.11 Å². The highest BCUT2D eigenvalue weighted by atomic mass is 16.5. The molecule has 1 fully saturated rings. The number of ether oxygens (including phenoxy) is 1. The molecule has 2 rings (SSSR count). The molecule has 1 aliphatic rings. The van der Waals surface area contributed by atoms with Crippen molar-refractivity contribution in [1.82, 2.24) is 10.3 Å². The Kier molecular flexibility index (Phi) is 3.34. The van der Waals surface area contributed by atoms with Gasteiger partial charge in [-0.05, 0) is 30.9 Å². The molecular weight excluding hydrogens is 188 g/mol. The van der Waals surface area contributed by atoms with Gasteiger partial charge in [0.15, 0.2) is 0 Å². The quantitative estimate of drug-likeness (QED) is 0.813. The summed E-state index contributed by atoms with van der Waals surface area (Å²) < 4.78 is 5.24. The molecule has 1 aliphatic carbocycles. The number of pyridine rings is 1. The first-order chi connectivity index (χ1) is 7.28. The Bertz CT molecular complexity index is 321. The minimum atomic E-state index is 0.470. The van der Waals surface area contributed by atoms with Crippen LogP contribution in [0.1, 0.15) is 24.0 Å². The highest BCUT2D eigenvalue weighted by Gasteiger charge is 2.28. The summed E-state index contributed by atoms with van der Waals surface area (Å²) in [6, 6.07) is 2.79. The zero-order valence-corrected chi connectivity index (χ0v) is 9.36. The Morgan fingerprint density at radius 1 is 1.47 bits per heavy atom. The molecule has 0 radical (unpaired) electrons. The largest absolute Gasteiger partial charge is 0.381 e. The molecule has 1 heterocycles. The maximum Gasteiger partial charge on any atom is 0.0601 e. The summed E-state index contributed by atoms with van der Waals surface area (Å²) >= 11 is 0. The summed E-state index contributed by atoms with van der Waals surface area (Å²) in [7, 11) is 1.78. The van der Waals surface area contributed by atoms with E-state index in [0.29, 0.717) is 12.1 Å². The number of hydrogen-bond acceptors (Lipinski definition) is 3. The Morgan fingerprint density at radius 2 is 2.27 bits per heavy atom. The minimum Gasteiger partial charge on any atom is -0.381 e. The van der Waals surface area contributed by atoms with Crippen molar-refractivity contribution in [1.29, 1.82) is 0 Å². The molecule has 0 unspecified atom stereocenters. The molecular formula is C12H18N2O. The molecule has 1 saturated carbocycles. The molecule has 0 aliphatic heterocycles. The van der Waals surface area contributed by atoms with Crippen molar-refractivity contribution < 1.29 is 4.74 Å². The van der Waals surface area contributed by atoms with Gasteiger partial charge < -0.3 is 10.1 Å². The topological polar surface area (TPSA) is 34.1 Å². The number of methoxy groups -OCH3 is 1. The van der Waals surface area contributed by atoms with Crippen molar-refractivity contribution >= 4 is 0 Å². The fraction of sp³-hybridized carbons (Fsp3) is 0.583. The monoisotopic (exact) mass is 206 g/mol. The number of nitrogens with one attached hydrogen (secondary N) is 1. The number of hydrogen-bond donors (Lipinski definition) is 1. The molecule has 1 aromatic heterocycles. The van der Waals surface area contributed by atoms with Crippen LogP contribution in [0.5, 0.6) is 0 Å². The summed E-state index contributed by atoms with van der Waals surface area (Å²) in [4.78, 5) is 4.17. The van der Waals surface area contributed by atoms with Gasteiger partial charge in [-0.1, -0.05) is 6.07 Å². The third kappa shape index (κ3) is 2.76. The number of aromatic nitrogens is 1. The van der Waals surface area contributed by atoms with Crippen molar-refractivity contribution in [2.24, 2.45) is 0 Å². The van der Waals surface area contributed by atoms with Gasteiger partial charge in [-0.25, -0.2) is 0 Å². The predicted molar refractivity (Wildman–Crippen MR) is 59.6 cm³/mol. The Morgan fingerprint density at radius 3 is 2.93 bits per heavy atom. The van der Waals surface area contributed by atoms with Crippen molar-refractivity contribution in [3.05, 3.63) is 29.6 Å². The second-order valence-electron chi connectivity index (χ2n) is 4.28. The van der Waals surface area contributed by atoms with Crippen LogP contribution in [0.15, 0.2) is 18.5 Å².